The molecular weight excluding hydrogens is 217 g/mol. The minimum Gasteiger partial charge on any atom is -0.316 e. The lowest BCUT2D eigenvalue weighted by Gasteiger charge is -2.28. The van der Waals surface area contributed by atoms with E-state index in [1.54, 1.807) is 0 Å². The molecular formula is C11H21F3N2. The van der Waals surface area contributed by atoms with Gasteiger partial charge in [0.25, 0.3) is 0 Å². The van der Waals surface area contributed by atoms with Crippen LogP contribution in [0.5, 0.6) is 0 Å². The summed E-state index contributed by atoms with van der Waals surface area (Å²) < 4.78 is 36.9. The second-order valence-electron chi connectivity index (χ2n) is 4.83. The van der Waals surface area contributed by atoms with Crippen molar-refractivity contribution in [3.63, 3.8) is 0 Å². The minimum atomic E-state index is -4.09. The van der Waals surface area contributed by atoms with Gasteiger partial charge < -0.3 is 5.32 Å². The van der Waals surface area contributed by atoms with E-state index in [-0.39, 0.29) is 6.04 Å². The predicted octanol–water partition coefficient (Wildman–Crippen LogP) is 2.26. The van der Waals surface area contributed by atoms with E-state index in [1.807, 2.05) is 13.8 Å². The highest BCUT2D eigenvalue weighted by Gasteiger charge is 2.31. The van der Waals surface area contributed by atoms with E-state index < -0.39 is 12.7 Å². The number of alkyl halides is 3. The van der Waals surface area contributed by atoms with Gasteiger partial charge in [0, 0.05) is 6.04 Å². The molecule has 0 aromatic heterocycles. The smallest absolute Gasteiger partial charge is 0.316 e. The molecule has 1 rings (SSSR count). The first-order chi connectivity index (χ1) is 7.38. The van der Waals surface area contributed by atoms with Gasteiger partial charge in [-0.05, 0) is 52.2 Å². The lowest BCUT2D eigenvalue weighted by Crippen LogP contribution is -2.40. The molecule has 0 radical (unpaired) electrons. The summed E-state index contributed by atoms with van der Waals surface area (Å²) in [6, 6.07) is -0.0454. The Morgan fingerprint density at radius 2 is 2.06 bits per heavy atom. The molecule has 1 aliphatic rings. The van der Waals surface area contributed by atoms with E-state index in [4.69, 9.17) is 0 Å². The van der Waals surface area contributed by atoms with Gasteiger partial charge in [-0.2, -0.15) is 13.2 Å². The summed E-state index contributed by atoms with van der Waals surface area (Å²) in [6.45, 7) is 5.36. The molecule has 1 fully saturated rings. The van der Waals surface area contributed by atoms with Crippen LogP contribution in [0.3, 0.4) is 0 Å². The molecule has 1 aliphatic heterocycles. The lowest BCUT2D eigenvalue weighted by atomic mass is 10.0. The number of rotatable bonds is 5. The third-order valence-electron chi connectivity index (χ3n) is 3.10. The maximum atomic E-state index is 12.3. The zero-order valence-electron chi connectivity index (χ0n) is 9.98. The van der Waals surface area contributed by atoms with E-state index >= 15 is 0 Å². The Kier molecular flexibility index (Phi) is 5.05. The Morgan fingerprint density at radius 3 is 2.50 bits per heavy atom. The van der Waals surface area contributed by atoms with E-state index in [0.29, 0.717) is 12.5 Å². The van der Waals surface area contributed by atoms with Crippen molar-refractivity contribution in [1.82, 2.24) is 10.2 Å². The Bertz CT molecular complexity index is 198. The lowest BCUT2D eigenvalue weighted by molar-refractivity contribution is -0.149. The Hall–Kier alpha value is -0.290. The van der Waals surface area contributed by atoms with Crippen LogP contribution in [0, 0.1) is 5.92 Å². The maximum Gasteiger partial charge on any atom is 0.401 e. The average Bonchev–Trinajstić information content (AvgIpc) is 2.62. The van der Waals surface area contributed by atoms with Crippen molar-refractivity contribution in [2.45, 2.75) is 38.9 Å². The molecule has 0 bridgehead atoms. The van der Waals surface area contributed by atoms with Gasteiger partial charge in [-0.25, -0.2) is 0 Å². The van der Waals surface area contributed by atoms with Crippen LogP contribution in [-0.4, -0.2) is 43.3 Å². The average molecular weight is 238 g/mol. The zero-order valence-corrected chi connectivity index (χ0v) is 9.98. The first-order valence-corrected chi connectivity index (χ1v) is 5.90. The third-order valence-corrected chi connectivity index (χ3v) is 3.10. The monoisotopic (exact) mass is 238 g/mol. The predicted molar refractivity (Wildman–Crippen MR) is 58.4 cm³/mol. The van der Waals surface area contributed by atoms with Gasteiger partial charge in [-0.1, -0.05) is 0 Å². The Morgan fingerprint density at radius 1 is 1.38 bits per heavy atom. The summed E-state index contributed by atoms with van der Waals surface area (Å²) in [7, 11) is 0. The van der Waals surface area contributed by atoms with E-state index in [1.165, 1.54) is 4.90 Å². The first-order valence-electron chi connectivity index (χ1n) is 5.90. The highest BCUT2D eigenvalue weighted by Crippen LogP contribution is 2.20. The zero-order chi connectivity index (χ0) is 12.2. The molecule has 0 aliphatic carbocycles. The van der Waals surface area contributed by atoms with Crippen LogP contribution in [0.1, 0.15) is 26.7 Å². The second-order valence-corrected chi connectivity index (χ2v) is 4.83. The van der Waals surface area contributed by atoms with Crippen molar-refractivity contribution in [3.8, 4) is 0 Å². The van der Waals surface area contributed by atoms with E-state index in [2.05, 4.69) is 5.32 Å². The summed E-state index contributed by atoms with van der Waals surface area (Å²) >= 11 is 0. The second kappa shape index (κ2) is 5.87. The molecule has 1 unspecified atom stereocenters. The van der Waals surface area contributed by atoms with Gasteiger partial charge in [0.05, 0.1) is 6.54 Å². The molecule has 5 heteroatoms. The number of halogens is 3. The summed E-state index contributed by atoms with van der Waals surface area (Å²) in [5.41, 5.74) is 0. The molecule has 0 aromatic carbocycles. The van der Waals surface area contributed by atoms with Crippen molar-refractivity contribution in [2.75, 3.05) is 26.2 Å². The van der Waals surface area contributed by atoms with Crippen LogP contribution in [0.15, 0.2) is 0 Å². The van der Waals surface area contributed by atoms with Crippen LogP contribution in [0.2, 0.25) is 0 Å². The Labute approximate surface area is 95.2 Å². The fraction of sp³-hybridized carbons (Fsp3) is 1.00. The van der Waals surface area contributed by atoms with Crippen molar-refractivity contribution in [2.24, 2.45) is 5.92 Å². The maximum absolute atomic E-state index is 12.3. The van der Waals surface area contributed by atoms with Gasteiger partial charge in [0.15, 0.2) is 0 Å². The van der Waals surface area contributed by atoms with Crippen LogP contribution < -0.4 is 5.32 Å². The highest BCUT2D eigenvalue weighted by atomic mass is 19.4. The van der Waals surface area contributed by atoms with Crippen LogP contribution >= 0.6 is 0 Å². The SMILES string of the molecule is CC(C)N(CCC1CCNC1)CC(F)(F)F. The molecule has 16 heavy (non-hydrogen) atoms. The topological polar surface area (TPSA) is 15.3 Å². The Balaban J connectivity index is 2.32. The van der Waals surface area contributed by atoms with Gasteiger partial charge in [0.2, 0.25) is 0 Å². The first kappa shape index (κ1) is 13.8. The largest absolute Gasteiger partial charge is 0.401 e. The van der Waals surface area contributed by atoms with E-state index in [0.717, 1.165) is 25.9 Å². The summed E-state index contributed by atoms with van der Waals surface area (Å²) in [6.07, 6.45) is -2.13. The van der Waals surface area contributed by atoms with Gasteiger partial charge in [0.1, 0.15) is 0 Å². The molecule has 1 atom stereocenters. The molecule has 0 saturated carbocycles. The molecule has 2 nitrogen and oxygen atoms in total. The van der Waals surface area contributed by atoms with Crippen LogP contribution in [0.4, 0.5) is 13.2 Å². The van der Waals surface area contributed by atoms with Crippen molar-refractivity contribution in [3.05, 3.63) is 0 Å². The fourth-order valence-electron chi connectivity index (χ4n) is 2.06. The molecule has 0 amide bonds. The highest BCUT2D eigenvalue weighted by molar-refractivity contribution is 4.74. The summed E-state index contributed by atoms with van der Waals surface area (Å²) in [5, 5.41) is 3.23. The molecule has 0 aromatic rings. The van der Waals surface area contributed by atoms with Crippen LogP contribution in [0.25, 0.3) is 0 Å². The standard InChI is InChI=1S/C11H21F3N2/c1-9(2)16(8-11(12,13)14)6-4-10-3-5-15-7-10/h9-10,15H,3-8H2,1-2H3. The molecule has 96 valence electrons. The van der Waals surface area contributed by atoms with Gasteiger partial charge in [-0.15, -0.1) is 0 Å². The summed E-state index contributed by atoms with van der Waals surface area (Å²) in [5.74, 6) is 0.550. The summed E-state index contributed by atoms with van der Waals surface area (Å²) in [4.78, 5) is 1.51. The number of nitrogens with one attached hydrogen (secondary N) is 1. The number of hydrogen-bond acceptors (Lipinski definition) is 2. The quantitative estimate of drug-likeness (QED) is 0.790. The molecule has 1 heterocycles. The number of nitrogens with zero attached hydrogens (tertiary/aromatic N) is 1. The van der Waals surface area contributed by atoms with E-state index in [9.17, 15) is 13.2 Å². The van der Waals surface area contributed by atoms with Crippen molar-refractivity contribution in [1.29, 1.82) is 0 Å². The number of hydrogen-bond donors (Lipinski definition) is 1. The minimum absolute atomic E-state index is 0.0454. The molecule has 1 saturated heterocycles. The van der Waals surface area contributed by atoms with Gasteiger partial charge in [-0.3, -0.25) is 4.90 Å². The van der Waals surface area contributed by atoms with Gasteiger partial charge >= 0.3 is 6.18 Å². The fourth-order valence-corrected chi connectivity index (χ4v) is 2.06. The van der Waals surface area contributed by atoms with Crippen LogP contribution in [-0.2, 0) is 0 Å². The molecule has 1 N–H and O–H groups in total. The third kappa shape index (κ3) is 5.16. The molecule has 0 spiro atoms. The normalized spacial score (nSPS) is 22.3. The van der Waals surface area contributed by atoms with Crippen molar-refractivity contribution < 1.29 is 13.2 Å². The van der Waals surface area contributed by atoms with Crippen molar-refractivity contribution >= 4 is 0 Å².